The number of hydrogen-bond acceptors (Lipinski definition) is 3. The molecule has 0 aliphatic heterocycles. The number of nitrogens with two attached hydrogens (primary N) is 1. The van der Waals surface area contributed by atoms with Crippen molar-refractivity contribution < 1.29 is 5.11 Å². The molecule has 14 heavy (non-hydrogen) atoms. The van der Waals surface area contributed by atoms with Gasteiger partial charge in [0.1, 0.15) is 0 Å². The molecule has 0 aliphatic rings. The number of hydrogen-bond donors (Lipinski definition) is 2. The van der Waals surface area contributed by atoms with Gasteiger partial charge in [0.25, 0.3) is 0 Å². The lowest BCUT2D eigenvalue weighted by Gasteiger charge is -2.16. The number of nitrogens with zero attached hydrogens (tertiary/aromatic N) is 1. The minimum Gasteiger partial charge on any atom is -0.398 e. The Hall–Kier alpha value is -0.580. The predicted octanol–water partition coefficient (Wildman–Crippen LogP) is 1.46. The second kappa shape index (κ2) is 5.34. The quantitative estimate of drug-likeness (QED) is 0.805. The highest BCUT2D eigenvalue weighted by molar-refractivity contribution is 9.10. The Morgan fingerprint density at radius 1 is 1.50 bits per heavy atom. The molecule has 0 bridgehead atoms. The number of likely N-dealkylation sites (N-methyl/N-ethyl adjacent to an activating group) is 1. The van der Waals surface area contributed by atoms with Gasteiger partial charge in [-0.15, -0.1) is 0 Å². The zero-order valence-electron chi connectivity index (χ0n) is 8.20. The standard InChI is InChI=1S/C10H15BrN2O/c1-13(5-6-14)7-8-3-2-4-9(12)10(8)11/h2-4,14H,5-7,12H2,1H3. The summed E-state index contributed by atoms with van der Waals surface area (Å²) in [7, 11) is 1.96. The van der Waals surface area contributed by atoms with Crippen LogP contribution < -0.4 is 5.73 Å². The Labute approximate surface area is 92.7 Å². The second-order valence-electron chi connectivity index (χ2n) is 3.28. The summed E-state index contributed by atoms with van der Waals surface area (Å²) in [6.07, 6.45) is 0. The van der Waals surface area contributed by atoms with E-state index in [0.717, 1.165) is 22.3 Å². The van der Waals surface area contributed by atoms with Crippen LogP contribution in [0.4, 0.5) is 5.69 Å². The summed E-state index contributed by atoms with van der Waals surface area (Å²) in [5.41, 5.74) is 7.65. The molecule has 0 saturated heterocycles. The van der Waals surface area contributed by atoms with Gasteiger partial charge >= 0.3 is 0 Å². The molecular weight excluding hydrogens is 244 g/mol. The average molecular weight is 259 g/mol. The highest BCUT2D eigenvalue weighted by atomic mass is 79.9. The first-order valence-electron chi connectivity index (χ1n) is 4.47. The van der Waals surface area contributed by atoms with E-state index in [9.17, 15) is 0 Å². The van der Waals surface area contributed by atoms with Crippen molar-refractivity contribution in [3.05, 3.63) is 28.2 Å². The third kappa shape index (κ3) is 2.97. The number of nitrogen functional groups attached to an aromatic ring is 1. The third-order valence-corrected chi connectivity index (χ3v) is 3.00. The summed E-state index contributed by atoms with van der Waals surface area (Å²) in [6, 6.07) is 5.82. The molecule has 0 radical (unpaired) electrons. The fourth-order valence-corrected chi connectivity index (χ4v) is 1.65. The molecule has 0 spiro atoms. The predicted molar refractivity (Wildman–Crippen MR) is 62.0 cm³/mol. The fourth-order valence-electron chi connectivity index (χ4n) is 1.26. The van der Waals surface area contributed by atoms with Crippen LogP contribution in [-0.4, -0.2) is 30.2 Å². The molecule has 0 saturated carbocycles. The zero-order valence-corrected chi connectivity index (χ0v) is 9.79. The Kier molecular flexibility index (Phi) is 4.38. The van der Waals surface area contributed by atoms with Crippen molar-refractivity contribution in [2.24, 2.45) is 0 Å². The number of rotatable bonds is 4. The summed E-state index contributed by atoms with van der Waals surface area (Å²) in [6.45, 7) is 1.63. The van der Waals surface area contributed by atoms with E-state index in [1.54, 1.807) is 0 Å². The molecule has 1 aromatic rings. The minimum atomic E-state index is 0.177. The van der Waals surface area contributed by atoms with E-state index in [4.69, 9.17) is 10.8 Å². The van der Waals surface area contributed by atoms with Gasteiger partial charge in [0.2, 0.25) is 0 Å². The van der Waals surface area contributed by atoms with Crippen LogP contribution in [0.3, 0.4) is 0 Å². The molecule has 0 heterocycles. The van der Waals surface area contributed by atoms with E-state index < -0.39 is 0 Å². The highest BCUT2D eigenvalue weighted by Gasteiger charge is 2.05. The molecule has 1 aromatic carbocycles. The van der Waals surface area contributed by atoms with E-state index in [1.807, 2.05) is 30.1 Å². The fraction of sp³-hybridized carbons (Fsp3) is 0.400. The molecule has 0 aliphatic carbocycles. The van der Waals surface area contributed by atoms with Crippen LogP contribution in [0.2, 0.25) is 0 Å². The third-order valence-electron chi connectivity index (χ3n) is 2.03. The summed E-state index contributed by atoms with van der Waals surface area (Å²) < 4.78 is 0.949. The highest BCUT2D eigenvalue weighted by Crippen LogP contribution is 2.24. The first-order valence-corrected chi connectivity index (χ1v) is 5.26. The van der Waals surface area contributed by atoms with Crippen molar-refractivity contribution in [3.63, 3.8) is 0 Å². The van der Waals surface area contributed by atoms with Crippen LogP contribution in [0.25, 0.3) is 0 Å². The van der Waals surface area contributed by atoms with Crippen molar-refractivity contribution in [3.8, 4) is 0 Å². The van der Waals surface area contributed by atoms with Gasteiger partial charge in [0, 0.05) is 23.2 Å². The number of benzene rings is 1. The van der Waals surface area contributed by atoms with Crippen LogP contribution >= 0.6 is 15.9 Å². The summed E-state index contributed by atoms with van der Waals surface area (Å²) in [4.78, 5) is 2.04. The van der Waals surface area contributed by atoms with Crippen molar-refractivity contribution >= 4 is 21.6 Å². The zero-order chi connectivity index (χ0) is 10.6. The molecule has 78 valence electrons. The van der Waals surface area contributed by atoms with E-state index >= 15 is 0 Å². The maximum atomic E-state index is 8.76. The van der Waals surface area contributed by atoms with Crippen LogP contribution in [-0.2, 0) is 6.54 Å². The van der Waals surface area contributed by atoms with E-state index in [2.05, 4.69) is 15.9 Å². The van der Waals surface area contributed by atoms with Gasteiger partial charge in [-0.05, 0) is 34.6 Å². The maximum Gasteiger partial charge on any atom is 0.0558 e. The molecule has 4 heteroatoms. The topological polar surface area (TPSA) is 49.5 Å². The SMILES string of the molecule is CN(CCO)Cc1cccc(N)c1Br. The Morgan fingerprint density at radius 3 is 2.86 bits per heavy atom. The monoisotopic (exact) mass is 258 g/mol. The van der Waals surface area contributed by atoms with Crippen LogP contribution in [0.5, 0.6) is 0 Å². The minimum absolute atomic E-state index is 0.177. The molecule has 1 rings (SSSR count). The van der Waals surface area contributed by atoms with E-state index in [0.29, 0.717) is 6.54 Å². The van der Waals surface area contributed by atoms with E-state index in [1.165, 1.54) is 0 Å². The average Bonchev–Trinajstić information content (AvgIpc) is 2.13. The van der Waals surface area contributed by atoms with Crippen molar-refractivity contribution in [1.29, 1.82) is 0 Å². The second-order valence-corrected chi connectivity index (χ2v) is 4.07. The van der Waals surface area contributed by atoms with Crippen molar-refractivity contribution in [2.75, 3.05) is 25.9 Å². The first kappa shape index (κ1) is 11.5. The molecule has 0 atom stereocenters. The molecule has 0 aromatic heterocycles. The molecule has 3 nitrogen and oxygen atoms in total. The molecule has 3 N–H and O–H groups in total. The van der Waals surface area contributed by atoms with Gasteiger partial charge in [-0.25, -0.2) is 0 Å². The lowest BCUT2D eigenvalue weighted by Crippen LogP contribution is -2.21. The van der Waals surface area contributed by atoms with Gasteiger partial charge in [-0.2, -0.15) is 0 Å². The Bertz CT molecular complexity index is 304. The van der Waals surface area contributed by atoms with Gasteiger partial charge in [-0.1, -0.05) is 12.1 Å². The lowest BCUT2D eigenvalue weighted by atomic mass is 10.2. The van der Waals surface area contributed by atoms with Crippen LogP contribution in [0.1, 0.15) is 5.56 Å². The summed E-state index contributed by atoms with van der Waals surface area (Å²) in [5, 5.41) is 8.76. The number of aliphatic hydroxyl groups is 1. The smallest absolute Gasteiger partial charge is 0.0558 e. The number of halogens is 1. The van der Waals surface area contributed by atoms with Gasteiger partial charge in [0.15, 0.2) is 0 Å². The van der Waals surface area contributed by atoms with Crippen LogP contribution in [0.15, 0.2) is 22.7 Å². The van der Waals surface area contributed by atoms with Gasteiger partial charge < -0.3 is 10.8 Å². The Balaban J connectivity index is 2.71. The lowest BCUT2D eigenvalue weighted by molar-refractivity contribution is 0.217. The van der Waals surface area contributed by atoms with E-state index in [-0.39, 0.29) is 6.61 Å². The van der Waals surface area contributed by atoms with Gasteiger partial charge in [0.05, 0.1) is 6.61 Å². The van der Waals surface area contributed by atoms with Gasteiger partial charge in [-0.3, -0.25) is 4.90 Å². The van der Waals surface area contributed by atoms with Crippen molar-refractivity contribution in [1.82, 2.24) is 4.90 Å². The number of aliphatic hydroxyl groups excluding tert-OH is 1. The summed E-state index contributed by atoms with van der Waals surface area (Å²) in [5.74, 6) is 0. The normalized spacial score (nSPS) is 10.9. The molecular formula is C10H15BrN2O. The first-order chi connectivity index (χ1) is 6.65. The van der Waals surface area contributed by atoms with Crippen molar-refractivity contribution in [2.45, 2.75) is 6.54 Å². The molecule has 0 fully saturated rings. The maximum absolute atomic E-state index is 8.76. The summed E-state index contributed by atoms with van der Waals surface area (Å²) >= 11 is 3.45. The largest absolute Gasteiger partial charge is 0.398 e. The van der Waals surface area contributed by atoms with Crippen LogP contribution in [0, 0.1) is 0 Å². The Morgan fingerprint density at radius 2 is 2.21 bits per heavy atom. The number of anilines is 1. The molecule has 0 unspecified atom stereocenters. The molecule has 0 amide bonds.